The van der Waals surface area contributed by atoms with Gasteiger partial charge >= 0.3 is 5.97 Å². The average Bonchev–Trinajstić information content (AvgIpc) is 2.76. The minimum absolute atomic E-state index is 0.0114. The summed E-state index contributed by atoms with van der Waals surface area (Å²) in [5.41, 5.74) is 3.24. The Kier molecular flexibility index (Phi) is 5.35. The highest BCUT2D eigenvalue weighted by molar-refractivity contribution is 6.06. The van der Waals surface area contributed by atoms with Crippen LogP contribution in [-0.2, 0) is 4.74 Å². The molecule has 150 valence electrons. The molecule has 5 heteroatoms. The number of pyridine rings is 1. The number of hydrogen-bond acceptors (Lipinski definition) is 4. The van der Waals surface area contributed by atoms with Gasteiger partial charge in [-0.2, -0.15) is 0 Å². The van der Waals surface area contributed by atoms with E-state index in [1.54, 1.807) is 11.5 Å². The molecular formula is C25H22N2O3. The molecule has 0 amide bonds. The number of ether oxygens (including phenoxy) is 1. The van der Waals surface area contributed by atoms with Gasteiger partial charge in [-0.1, -0.05) is 54.6 Å². The summed E-state index contributed by atoms with van der Waals surface area (Å²) in [6.07, 6.45) is 0. The van der Waals surface area contributed by atoms with E-state index in [0.717, 1.165) is 16.6 Å². The number of aryl methyl sites for hydroxylation is 1. The van der Waals surface area contributed by atoms with E-state index in [1.807, 2.05) is 85.8 Å². The van der Waals surface area contributed by atoms with Crippen LogP contribution in [-0.4, -0.2) is 17.1 Å². The van der Waals surface area contributed by atoms with E-state index in [-0.39, 0.29) is 12.2 Å². The number of aromatic nitrogens is 1. The fourth-order valence-corrected chi connectivity index (χ4v) is 3.55. The minimum atomic E-state index is -0.644. The third-order valence-electron chi connectivity index (χ3n) is 4.98. The Bertz CT molecular complexity index is 1280. The quantitative estimate of drug-likeness (QED) is 0.468. The molecule has 3 aromatic carbocycles. The van der Waals surface area contributed by atoms with E-state index in [1.165, 1.54) is 0 Å². The van der Waals surface area contributed by atoms with Gasteiger partial charge in [0.05, 0.1) is 17.8 Å². The first-order valence-electron chi connectivity index (χ1n) is 9.84. The van der Waals surface area contributed by atoms with Crippen LogP contribution in [0.3, 0.4) is 0 Å². The van der Waals surface area contributed by atoms with E-state index in [4.69, 9.17) is 4.74 Å². The zero-order chi connectivity index (χ0) is 21.1. The normalized spacial score (nSPS) is 10.7. The maximum atomic E-state index is 13.6. The third kappa shape index (κ3) is 3.46. The van der Waals surface area contributed by atoms with Crippen LogP contribution in [0.25, 0.3) is 16.6 Å². The Morgan fingerprint density at radius 1 is 0.933 bits per heavy atom. The molecule has 0 unspecified atom stereocenters. The summed E-state index contributed by atoms with van der Waals surface area (Å²) in [5, 5.41) is 4.09. The number of anilines is 2. The van der Waals surface area contributed by atoms with Gasteiger partial charge < -0.3 is 10.1 Å². The molecule has 30 heavy (non-hydrogen) atoms. The molecule has 1 aromatic heterocycles. The van der Waals surface area contributed by atoms with Gasteiger partial charge in [-0.05, 0) is 43.7 Å². The second-order valence-electron chi connectivity index (χ2n) is 6.90. The Labute approximate surface area is 174 Å². The SMILES string of the molecule is CCOC(=O)c1c(Nc2ccccc2C)c2ccccc2n(-c2ccccc2)c1=O. The van der Waals surface area contributed by atoms with Crippen LogP contribution in [0.4, 0.5) is 11.4 Å². The smallest absolute Gasteiger partial charge is 0.345 e. The summed E-state index contributed by atoms with van der Waals surface area (Å²) >= 11 is 0. The summed E-state index contributed by atoms with van der Waals surface area (Å²) in [6, 6.07) is 24.6. The van der Waals surface area contributed by atoms with Gasteiger partial charge in [-0.3, -0.25) is 9.36 Å². The number of nitrogens with one attached hydrogen (secondary N) is 1. The zero-order valence-corrected chi connectivity index (χ0v) is 16.9. The van der Waals surface area contributed by atoms with Crippen molar-refractivity contribution < 1.29 is 9.53 Å². The van der Waals surface area contributed by atoms with Crippen LogP contribution in [0.5, 0.6) is 0 Å². The van der Waals surface area contributed by atoms with Crippen molar-refractivity contribution in [2.75, 3.05) is 11.9 Å². The summed E-state index contributed by atoms with van der Waals surface area (Å²) in [5.74, 6) is -0.644. The number of carbonyl (C=O) groups is 1. The lowest BCUT2D eigenvalue weighted by Crippen LogP contribution is -2.28. The van der Waals surface area contributed by atoms with Crippen molar-refractivity contribution >= 4 is 28.2 Å². The highest BCUT2D eigenvalue weighted by Gasteiger charge is 2.24. The minimum Gasteiger partial charge on any atom is -0.462 e. The molecule has 5 nitrogen and oxygen atoms in total. The molecule has 0 saturated heterocycles. The van der Waals surface area contributed by atoms with Crippen molar-refractivity contribution in [3.63, 3.8) is 0 Å². The second kappa shape index (κ2) is 8.25. The van der Waals surface area contributed by atoms with Gasteiger partial charge in [0.2, 0.25) is 0 Å². The van der Waals surface area contributed by atoms with Crippen molar-refractivity contribution in [2.45, 2.75) is 13.8 Å². The highest BCUT2D eigenvalue weighted by atomic mass is 16.5. The molecule has 0 fully saturated rings. The van der Waals surface area contributed by atoms with Crippen LogP contribution in [0.1, 0.15) is 22.8 Å². The van der Waals surface area contributed by atoms with Crippen LogP contribution < -0.4 is 10.9 Å². The molecule has 0 aliphatic carbocycles. The number of hydrogen-bond donors (Lipinski definition) is 1. The summed E-state index contributed by atoms with van der Waals surface area (Å²) in [7, 11) is 0. The second-order valence-corrected chi connectivity index (χ2v) is 6.90. The molecule has 1 N–H and O–H groups in total. The Morgan fingerprint density at radius 2 is 1.60 bits per heavy atom. The first-order valence-corrected chi connectivity index (χ1v) is 9.84. The summed E-state index contributed by atoms with van der Waals surface area (Å²) in [4.78, 5) is 26.5. The number of para-hydroxylation sites is 3. The largest absolute Gasteiger partial charge is 0.462 e. The van der Waals surface area contributed by atoms with Crippen LogP contribution in [0.15, 0.2) is 83.7 Å². The number of fused-ring (bicyclic) bond motifs is 1. The average molecular weight is 398 g/mol. The standard InChI is InChI=1S/C25H22N2O3/c1-3-30-25(29)22-23(26-20-15-9-7-11-17(20)2)19-14-8-10-16-21(19)27(24(22)28)18-12-5-4-6-13-18/h4-16,26H,3H2,1-2H3. The number of carbonyl (C=O) groups excluding carboxylic acids is 1. The number of nitrogens with zero attached hydrogens (tertiary/aromatic N) is 1. The number of rotatable bonds is 5. The lowest BCUT2D eigenvalue weighted by molar-refractivity contribution is 0.0525. The molecule has 4 rings (SSSR count). The fraction of sp³-hybridized carbons (Fsp3) is 0.120. The monoisotopic (exact) mass is 398 g/mol. The van der Waals surface area contributed by atoms with Crippen LogP contribution >= 0.6 is 0 Å². The molecule has 1 heterocycles. The van der Waals surface area contributed by atoms with Crippen LogP contribution in [0, 0.1) is 6.92 Å². The first kappa shape index (κ1) is 19.5. The van der Waals surface area contributed by atoms with Crippen molar-refractivity contribution in [1.29, 1.82) is 0 Å². The van der Waals surface area contributed by atoms with Crippen molar-refractivity contribution in [3.8, 4) is 5.69 Å². The van der Waals surface area contributed by atoms with E-state index >= 15 is 0 Å². The molecule has 0 bridgehead atoms. The van der Waals surface area contributed by atoms with Gasteiger partial charge in [0.15, 0.2) is 0 Å². The van der Waals surface area contributed by atoms with Gasteiger partial charge in [-0.25, -0.2) is 4.79 Å². The van der Waals surface area contributed by atoms with Gasteiger partial charge in [0, 0.05) is 16.8 Å². The van der Waals surface area contributed by atoms with Crippen LogP contribution in [0.2, 0.25) is 0 Å². The molecule has 0 aliphatic heterocycles. The van der Waals surface area contributed by atoms with E-state index in [2.05, 4.69) is 5.32 Å². The Morgan fingerprint density at radius 3 is 2.33 bits per heavy atom. The van der Waals surface area contributed by atoms with E-state index < -0.39 is 11.5 Å². The number of esters is 1. The van der Waals surface area contributed by atoms with Crippen molar-refractivity contribution in [3.05, 3.63) is 100 Å². The first-order chi connectivity index (χ1) is 14.6. The summed E-state index contributed by atoms with van der Waals surface area (Å²) < 4.78 is 6.83. The van der Waals surface area contributed by atoms with Crippen molar-refractivity contribution in [2.24, 2.45) is 0 Å². The predicted molar refractivity (Wildman–Crippen MR) is 120 cm³/mol. The molecule has 0 atom stereocenters. The lowest BCUT2D eigenvalue weighted by Gasteiger charge is -2.19. The molecular weight excluding hydrogens is 376 g/mol. The van der Waals surface area contributed by atoms with Gasteiger partial charge in [0.1, 0.15) is 5.56 Å². The number of benzene rings is 3. The van der Waals surface area contributed by atoms with E-state index in [0.29, 0.717) is 16.9 Å². The van der Waals surface area contributed by atoms with Gasteiger partial charge in [-0.15, -0.1) is 0 Å². The van der Waals surface area contributed by atoms with E-state index in [9.17, 15) is 9.59 Å². The molecule has 4 aromatic rings. The Balaban J connectivity index is 2.08. The molecule has 0 saturated carbocycles. The summed E-state index contributed by atoms with van der Waals surface area (Å²) in [6.45, 7) is 3.88. The molecule has 0 aliphatic rings. The zero-order valence-electron chi connectivity index (χ0n) is 16.9. The topological polar surface area (TPSA) is 60.3 Å². The highest BCUT2D eigenvalue weighted by Crippen LogP contribution is 2.31. The maximum absolute atomic E-state index is 13.6. The van der Waals surface area contributed by atoms with Gasteiger partial charge in [0.25, 0.3) is 5.56 Å². The lowest BCUT2D eigenvalue weighted by atomic mass is 10.1. The maximum Gasteiger partial charge on any atom is 0.345 e. The van der Waals surface area contributed by atoms with Crippen molar-refractivity contribution in [1.82, 2.24) is 4.57 Å². The predicted octanol–water partition coefficient (Wildman–Crippen LogP) is 5.22. The Hall–Kier alpha value is -3.86. The third-order valence-corrected chi connectivity index (χ3v) is 4.98. The fourth-order valence-electron chi connectivity index (χ4n) is 3.55. The molecule has 0 spiro atoms. The molecule has 0 radical (unpaired) electrons.